The number of anilines is 1. The molecule has 0 spiro atoms. The van der Waals surface area contributed by atoms with E-state index in [1.165, 1.54) is 33.4 Å². The van der Waals surface area contributed by atoms with Crippen molar-refractivity contribution >= 4 is 11.7 Å². The van der Waals surface area contributed by atoms with Crippen LogP contribution in [0, 0.1) is 0 Å². The van der Waals surface area contributed by atoms with Crippen molar-refractivity contribution in [1.29, 1.82) is 0 Å². The minimum atomic E-state index is -1.97. The molecule has 0 aromatic carbocycles. The molecule has 1 aliphatic rings. The average Bonchev–Trinajstić information content (AvgIpc) is 2.85. The Balaban J connectivity index is 2.16. The van der Waals surface area contributed by atoms with E-state index in [0.717, 1.165) is 11.0 Å². The molecule has 1 aliphatic heterocycles. The van der Waals surface area contributed by atoms with Crippen LogP contribution in [0.2, 0.25) is 0 Å². The second-order valence-electron chi connectivity index (χ2n) is 6.52. The normalized spacial score (nSPS) is 27.5. The lowest BCUT2D eigenvalue weighted by molar-refractivity contribution is -0.116. The number of carbonyl (C=O) groups excluding carboxylic acids is 1. The summed E-state index contributed by atoms with van der Waals surface area (Å²) in [5.74, 6) is -0.149. The smallest absolute Gasteiger partial charge is 0.351 e. The van der Waals surface area contributed by atoms with Gasteiger partial charge in [-0.2, -0.15) is 4.98 Å². The van der Waals surface area contributed by atoms with Crippen LogP contribution >= 0.6 is 0 Å². The highest BCUT2D eigenvalue weighted by Gasteiger charge is 2.56. The molecule has 1 aromatic heterocycles. The highest BCUT2D eigenvalue weighted by atomic mass is 19.1. The summed E-state index contributed by atoms with van der Waals surface area (Å²) in [6.45, 7) is 5.02. The van der Waals surface area contributed by atoms with Gasteiger partial charge in [0.1, 0.15) is 18.0 Å². The fourth-order valence-corrected chi connectivity index (χ4v) is 3.16. The fraction of sp³-hybridized carbons (Fsp3) is 0.611. The molecule has 1 amide bonds. The molecular formula is C18H26FN3O5. The molecule has 8 nitrogen and oxygen atoms in total. The number of nitrogens with one attached hydrogen (secondary N) is 1. The van der Waals surface area contributed by atoms with E-state index in [4.69, 9.17) is 14.2 Å². The van der Waals surface area contributed by atoms with Gasteiger partial charge in [0, 0.05) is 26.8 Å². The van der Waals surface area contributed by atoms with Crippen molar-refractivity contribution in [3.63, 3.8) is 0 Å². The van der Waals surface area contributed by atoms with Crippen LogP contribution in [0.15, 0.2) is 29.7 Å². The number of halogens is 1. The number of hydrogen-bond donors (Lipinski definition) is 1. The Morgan fingerprint density at radius 3 is 2.89 bits per heavy atom. The quantitative estimate of drug-likeness (QED) is 0.517. The van der Waals surface area contributed by atoms with Gasteiger partial charge in [0.25, 0.3) is 0 Å². The first-order valence-electron chi connectivity index (χ1n) is 8.71. The molecule has 2 rings (SSSR count). The number of nitrogens with zero attached hydrogens (tertiary/aromatic N) is 2. The highest BCUT2D eigenvalue weighted by Crippen LogP contribution is 2.42. The molecule has 1 N–H and O–H groups in total. The monoisotopic (exact) mass is 383 g/mol. The van der Waals surface area contributed by atoms with E-state index >= 15 is 4.39 Å². The Kier molecular flexibility index (Phi) is 7.23. The number of carbonyl (C=O) groups is 1. The molecule has 1 unspecified atom stereocenters. The van der Waals surface area contributed by atoms with E-state index in [1.54, 1.807) is 6.08 Å². The summed E-state index contributed by atoms with van der Waals surface area (Å²) in [6.07, 6.45) is 1.95. The zero-order chi connectivity index (χ0) is 20.0. The standard InChI is InChI=1S/C18H26FN3O5/c1-5-6-7-8-14(23)20-13-9-10-22(17(24)21-13)16-18(2,19)15(26-4)12(27-16)11-25-3/h5,9-10,12,15-16H,1,6-8,11H2,2-4H3,(H,20,21,23,24)/t12-,15?,16-,18+/m1/s1. The summed E-state index contributed by atoms with van der Waals surface area (Å²) in [5, 5.41) is 2.55. The molecule has 1 saturated heterocycles. The van der Waals surface area contributed by atoms with Crippen LogP contribution in [-0.4, -0.2) is 54.2 Å². The molecule has 0 bridgehead atoms. The number of aromatic nitrogens is 2. The molecule has 0 radical (unpaired) electrons. The SMILES string of the molecule is C=CCCCC(=O)Nc1ccn([C@@H]2O[C@H](COC)C(OC)[C@]2(C)F)c(=O)n1. The van der Waals surface area contributed by atoms with Gasteiger partial charge in [-0.05, 0) is 25.8 Å². The number of amides is 1. The van der Waals surface area contributed by atoms with E-state index in [2.05, 4.69) is 16.9 Å². The Hall–Kier alpha value is -2.10. The second-order valence-corrected chi connectivity index (χ2v) is 6.52. The molecule has 27 heavy (non-hydrogen) atoms. The third kappa shape index (κ3) is 4.79. The van der Waals surface area contributed by atoms with Crippen molar-refractivity contribution in [3.8, 4) is 0 Å². The molecule has 2 heterocycles. The van der Waals surface area contributed by atoms with Gasteiger partial charge in [0.15, 0.2) is 11.9 Å². The third-order valence-corrected chi connectivity index (χ3v) is 4.43. The van der Waals surface area contributed by atoms with Crippen molar-refractivity contribution in [2.75, 3.05) is 26.1 Å². The first kappa shape index (κ1) is 21.2. The Morgan fingerprint density at radius 1 is 1.56 bits per heavy atom. The molecular weight excluding hydrogens is 357 g/mol. The third-order valence-electron chi connectivity index (χ3n) is 4.43. The maximum atomic E-state index is 15.3. The first-order chi connectivity index (χ1) is 12.8. The van der Waals surface area contributed by atoms with Crippen molar-refractivity contribution in [1.82, 2.24) is 9.55 Å². The number of alkyl halides is 1. The van der Waals surface area contributed by atoms with E-state index < -0.39 is 29.8 Å². The predicted octanol–water partition coefficient (Wildman–Crippen LogP) is 1.83. The minimum Gasteiger partial charge on any atom is -0.382 e. The van der Waals surface area contributed by atoms with Gasteiger partial charge < -0.3 is 19.5 Å². The Labute approximate surface area is 157 Å². The number of rotatable bonds is 9. The fourth-order valence-electron chi connectivity index (χ4n) is 3.16. The Morgan fingerprint density at radius 2 is 2.30 bits per heavy atom. The highest BCUT2D eigenvalue weighted by molar-refractivity contribution is 5.89. The van der Waals surface area contributed by atoms with Gasteiger partial charge >= 0.3 is 5.69 Å². The van der Waals surface area contributed by atoms with Crippen molar-refractivity contribution in [2.24, 2.45) is 0 Å². The van der Waals surface area contributed by atoms with Gasteiger partial charge in [0.2, 0.25) is 5.91 Å². The zero-order valence-electron chi connectivity index (χ0n) is 15.8. The average molecular weight is 383 g/mol. The number of methoxy groups -OCH3 is 2. The van der Waals surface area contributed by atoms with E-state index in [1.807, 2.05) is 0 Å². The van der Waals surface area contributed by atoms with Crippen LogP contribution in [-0.2, 0) is 19.0 Å². The van der Waals surface area contributed by atoms with Gasteiger partial charge in [-0.15, -0.1) is 6.58 Å². The van der Waals surface area contributed by atoms with Crippen LogP contribution < -0.4 is 11.0 Å². The zero-order valence-corrected chi connectivity index (χ0v) is 15.8. The molecule has 1 aromatic rings. The molecule has 0 aliphatic carbocycles. The van der Waals surface area contributed by atoms with Gasteiger partial charge in [0.05, 0.1) is 6.61 Å². The molecule has 4 atom stereocenters. The van der Waals surface area contributed by atoms with Crippen LogP contribution in [0.4, 0.5) is 10.2 Å². The summed E-state index contributed by atoms with van der Waals surface area (Å²) in [5.41, 5.74) is -2.71. The van der Waals surface area contributed by atoms with E-state index in [0.29, 0.717) is 12.8 Å². The second kappa shape index (κ2) is 9.20. The number of ether oxygens (including phenoxy) is 3. The number of unbranched alkanes of at least 4 members (excludes halogenated alkanes) is 1. The maximum Gasteiger partial charge on any atom is 0.351 e. The van der Waals surface area contributed by atoms with Crippen LogP contribution in [0.3, 0.4) is 0 Å². The van der Waals surface area contributed by atoms with Crippen LogP contribution in [0.25, 0.3) is 0 Å². The minimum absolute atomic E-state index is 0.107. The van der Waals surface area contributed by atoms with Crippen molar-refractivity contribution in [3.05, 3.63) is 35.4 Å². The lowest BCUT2D eigenvalue weighted by Gasteiger charge is -2.26. The van der Waals surface area contributed by atoms with Crippen LogP contribution in [0.1, 0.15) is 32.4 Å². The summed E-state index contributed by atoms with van der Waals surface area (Å²) >= 11 is 0. The topological polar surface area (TPSA) is 91.7 Å². The van der Waals surface area contributed by atoms with Crippen LogP contribution in [0.5, 0.6) is 0 Å². The Bertz CT molecular complexity index is 721. The lowest BCUT2D eigenvalue weighted by atomic mass is 9.98. The van der Waals surface area contributed by atoms with Gasteiger partial charge in [-0.1, -0.05) is 6.08 Å². The summed E-state index contributed by atoms with van der Waals surface area (Å²) in [4.78, 5) is 28.0. The largest absolute Gasteiger partial charge is 0.382 e. The number of allylic oxidation sites excluding steroid dienone is 1. The molecule has 9 heteroatoms. The number of hydrogen-bond acceptors (Lipinski definition) is 6. The van der Waals surface area contributed by atoms with E-state index in [9.17, 15) is 9.59 Å². The maximum absolute atomic E-state index is 15.3. The van der Waals surface area contributed by atoms with Crippen molar-refractivity contribution < 1.29 is 23.4 Å². The summed E-state index contributed by atoms with van der Waals surface area (Å²) in [7, 11) is 2.85. The lowest BCUT2D eigenvalue weighted by Crippen LogP contribution is -2.44. The summed E-state index contributed by atoms with van der Waals surface area (Å²) < 4.78 is 32.3. The molecule has 1 fully saturated rings. The van der Waals surface area contributed by atoms with Crippen molar-refractivity contribution in [2.45, 2.75) is 50.3 Å². The van der Waals surface area contributed by atoms with Gasteiger partial charge in [-0.25, -0.2) is 9.18 Å². The summed E-state index contributed by atoms with van der Waals surface area (Å²) in [6, 6.07) is 1.43. The molecule has 150 valence electrons. The predicted molar refractivity (Wildman–Crippen MR) is 97.3 cm³/mol. The van der Waals surface area contributed by atoms with E-state index in [-0.39, 0.29) is 18.3 Å². The first-order valence-corrected chi connectivity index (χ1v) is 8.71. The molecule has 0 saturated carbocycles. The van der Waals surface area contributed by atoms with Gasteiger partial charge in [-0.3, -0.25) is 9.36 Å².